The van der Waals surface area contributed by atoms with Crippen molar-refractivity contribution in [2.24, 2.45) is 0 Å². The van der Waals surface area contributed by atoms with Gasteiger partial charge in [-0.3, -0.25) is 0 Å². The van der Waals surface area contributed by atoms with Gasteiger partial charge in [-0.2, -0.15) is 0 Å². The van der Waals surface area contributed by atoms with Crippen LogP contribution < -0.4 is 15.4 Å². The van der Waals surface area contributed by atoms with Crippen molar-refractivity contribution in [3.05, 3.63) is 84.1 Å². The van der Waals surface area contributed by atoms with Crippen LogP contribution >= 0.6 is 12.2 Å². The molecular formula is C20H19N3OS. The minimum Gasteiger partial charge on any atom is -0.495 e. The number of hydrogen-bond acceptors (Lipinski definition) is 3. The number of pyridine rings is 1. The van der Waals surface area contributed by atoms with Gasteiger partial charge in [0.05, 0.1) is 12.8 Å². The van der Waals surface area contributed by atoms with E-state index in [0.29, 0.717) is 17.4 Å². The SMILES string of the molecule is COc1ccc(NC(=S)Nc2ccccc2)nc1Cc1ccccc1. The molecule has 2 aromatic carbocycles. The molecule has 3 aromatic rings. The molecular weight excluding hydrogens is 330 g/mol. The van der Waals surface area contributed by atoms with Crippen LogP contribution in [0.15, 0.2) is 72.8 Å². The van der Waals surface area contributed by atoms with E-state index in [4.69, 9.17) is 17.0 Å². The van der Waals surface area contributed by atoms with Crippen molar-refractivity contribution in [2.45, 2.75) is 6.42 Å². The number of para-hydroxylation sites is 1. The number of rotatable bonds is 5. The van der Waals surface area contributed by atoms with E-state index in [-0.39, 0.29) is 0 Å². The molecule has 0 amide bonds. The Balaban J connectivity index is 1.73. The number of nitrogens with one attached hydrogen (secondary N) is 2. The standard InChI is InChI=1S/C20H19N3OS/c1-24-18-12-13-19(22-17(18)14-15-8-4-2-5-9-15)23-20(25)21-16-10-6-3-7-11-16/h2-13H,14H2,1H3,(H2,21,22,23,25). The van der Waals surface area contributed by atoms with Crippen molar-refractivity contribution >= 4 is 28.8 Å². The fourth-order valence-corrected chi connectivity index (χ4v) is 2.68. The molecule has 3 rings (SSSR count). The van der Waals surface area contributed by atoms with Crippen molar-refractivity contribution in [3.63, 3.8) is 0 Å². The second-order valence-electron chi connectivity index (χ2n) is 5.45. The van der Waals surface area contributed by atoms with Gasteiger partial charge in [0.15, 0.2) is 5.11 Å². The Labute approximate surface area is 152 Å². The topological polar surface area (TPSA) is 46.2 Å². The largest absolute Gasteiger partial charge is 0.495 e. The van der Waals surface area contributed by atoms with Gasteiger partial charge in [0.25, 0.3) is 0 Å². The number of methoxy groups -OCH3 is 1. The summed E-state index contributed by atoms with van der Waals surface area (Å²) in [5.74, 6) is 1.44. The number of nitrogens with zero attached hydrogens (tertiary/aromatic N) is 1. The van der Waals surface area contributed by atoms with Gasteiger partial charge < -0.3 is 15.4 Å². The highest BCUT2D eigenvalue weighted by Crippen LogP contribution is 2.22. The van der Waals surface area contributed by atoms with Crippen LogP contribution in [-0.2, 0) is 6.42 Å². The fourth-order valence-electron chi connectivity index (χ4n) is 2.46. The van der Waals surface area contributed by atoms with Gasteiger partial charge in [-0.05, 0) is 42.0 Å². The van der Waals surface area contributed by atoms with Crippen LogP contribution in [0.3, 0.4) is 0 Å². The molecule has 1 aromatic heterocycles. The molecule has 0 aliphatic heterocycles. The predicted octanol–water partition coefficient (Wildman–Crippen LogP) is 4.49. The van der Waals surface area contributed by atoms with E-state index >= 15 is 0 Å². The zero-order valence-corrected chi connectivity index (χ0v) is 14.7. The van der Waals surface area contributed by atoms with Crippen molar-refractivity contribution in [1.29, 1.82) is 0 Å². The quantitative estimate of drug-likeness (QED) is 0.665. The average molecular weight is 349 g/mol. The van der Waals surface area contributed by atoms with Crippen molar-refractivity contribution in [3.8, 4) is 5.75 Å². The monoisotopic (exact) mass is 349 g/mol. The molecule has 126 valence electrons. The van der Waals surface area contributed by atoms with Crippen LogP contribution in [0.25, 0.3) is 0 Å². The number of anilines is 2. The smallest absolute Gasteiger partial charge is 0.176 e. The van der Waals surface area contributed by atoms with Gasteiger partial charge >= 0.3 is 0 Å². The van der Waals surface area contributed by atoms with E-state index in [1.807, 2.05) is 60.7 Å². The molecule has 0 fully saturated rings. The molecule has 5 heteroatoms. The lowest BCUT2D eigenvalue weighted by Crippen LogP contribution is -2.20. The Morgan fingerprint density at radius 3 is 2.28 bits per heavy atom. The van der Waals surface area contributed by atoms with E-state index in [9.17, 15) is 0 Å². The van der Waals surface area contributed by atoms with Crippen molar-refractivity contribution in [1.82, 2.24) is 4.98 Å². The summed E-state index contributed by atoms with van der Waals surface area (Å²) in [6.45, 7) is 0. The van der Waals surface area contributed by atoms with Crippen LogP contribution in [0.2, 0.25) is 0 Å². The van der Waals surface area contributed by atoms with Gasteiger partial charge in [-0.1, -0.05) is 48.5 Å². The summed E-state index contributed by atoms with van der Waals surface area (Å²) in [4.78, 5) is 4.66. The zero-order valence-electron chi connectivity index (χ0n) is 13.9. The van der Waals surface area contributed by atoms with E-state index in [1.54, 1.807) is 7.11 Å². The fraction of sp³-hybridized carbons (Fsp3) is 0.100. The molecule has 0 radical (unpaired) electrons. The Morgan fingerprint density at radius 2 is 1.60 bits per heavy atom. The Kier molecular flexibility index (Phi) is 5.59. The highest BCUT2D eigenvalue weighted by atomic mass is 32.1. The number of hydrogen-bond donors (Lipinski definition) is 2. The van der Waals surface area contributed by atoms with Crippen LogP contribution in [0.1, 0.15) is 11.3 Å². The minimum absolute atomic E-state index is 0.495. The first-order valence-corrected chi connectivity index (χ1v) is 8.36. The minimum atomic E-state index is 0.495. The van der Waals surface area contributed by atoms with Gasteiger partial charge in [0, 0.05) is 12.1 Å². The molecule has 0 bridgehead atoms. The third-order valence-electron chi connectivity index (χ3n) is 3.64. The third kappa shape index (κ3) is 4.78. The van der Waals surface area contributed by atoms with E-state index < -0.39 is 0 Å². The molecule has 0 unspecified atom stereocenters. The van der Waals surface area contributed by atoms with Crippen molar-refractivity contribution in [2.75, 3.05) is 17.7 Å². The van der Waals surface area contributed by atoms with Crippen LogP contribution in [0, 0.1) is 0 Å². The predicted molar refractivity (Wildman–Crippen MR) is 106 cm³/mol. The lowest BCUT2D eigenvalue weighted by Gasteiger charge is -2.13. The first-order valence-electron chi connectivity index (χ1n) is 7.95. The molecule has 0 saturated carbocycles. The lowest BCUT2D eigenvalue weighted by atomic mass is 10.1. The molecule has 0 spiro atoms. The maximum Gasteiger partial charge on any atom is 0.176 e. The lowest BCUT2D eigenvalue weighted by molar-refractivity contribution is 0.408. The molecule has 25 heavy (non-hydrogen) atoms. The Morgan fingerprint density at radius 1 is 0.920 bits per heavy atom. The summed E-state index contributed by atoms with van der Waals surface area (Å²) in [6, 6.07) is 23.7. The molecule has 1 heterocycles. The van der Waals surface area contributed by atoms with E-state index in [2.05, 4.69) is 27.8 Å². The van der Waals surface area contributed by atoms with Crippen LogP contribution in [-0.4, -0.2) is 17.2 Å². The second-order valence-corrected chi connectivity index (χ2v) is 5.86. The van der Waals surface area contributed by atoms with Gasteiger partial charge in [0.2, 0.25) is 0 Å². The molecule has 4 nitrogen and oxygen atoms in total. The van der Waals surface area contributed by atoms with Gasteiger partial charge in [0.1, 0.15) is 11.6 Å². The van der Waals surface area contributed by atoms with Gasteiger partial charge in [-0.15, -0.1) is 0 Å². The molecule has 0 aliphatic rings. The average Bonchev–Trinajstić information content (AvgIpc) is 2.63. The summed E-state index contributed by atoms with van der Waals surface area (Å²) in [6.07, 6.45) is 0.693. The number of thiocarbonyl (C=S) groups is 1. The van der Waals surface area contributed by atoms with E-state index in [0.717, 1.165) is 17.1 Å². The zero-order chi connectivity index (χ0) is 17.5. The molecule has 0 atom stereocenters. The first kappa shape index (κ1) is 16.9. The van der Waals surface area contributed by atoms with E-state index in [1.165, 1.54) is 5.56 Å². The first-order chi connectivity index (χ1) is 12.2. The summed E-state index contributed by atoms with van der Waals surface area (Å²) in [5, 5.41) is 6.75. The summed E-state index contributed by atoms with van der Waals surface area (Å²) >= 11 is 5.36. The third-order valence-corrected chi connectivity index (χ3v) is 3.84. The maximum atomic E-state index is 5.43. The summed E-state index contributed by atoms with van der Waals surface area (Å²) in [7, 11) is 1.65. The van der Waals surface area contributed by atoms with Crippen LogP contribution in [0.4, 0.5) is 11.5 Å². The Hall–Kier alpha value is -2.92. The summed E-state index contributed by atoms with van der Waals surface area (Å²) in [5.41, 5.74) is 2.97. The van der Waals surface area contributed by atoms with Gasteiger partial charge in [-0.25, -0.2) is 4.98 Å². The number of aromatic nitrogens is 1. The number of ether oxygens (including phenoxy) is 1. The van der Waals surface area contributed by atoms with Crippen LogP contribution in [0.5, 0.6) is 5.75 Å². The summed E-state index contributed by atoms with van der Waals surface area (Å²) < 4.78 is 5.43. The molecule has 2 N–H and O–H groups in total. The second kappa shape index (κ2) is 8.26. The number of benzene rings is 2. The molecule has 0 saturated heterocycles. The highest BCUT2D eigenvalue weighted by molar-refractivity contribution is 7.80. The maximum absolute atomic E-state index is 5.43. The Bertz CT molecular complexity index is 838. The normalized spacial score (nSPS) is 10.1. The van der Waals surface area contributed by atoms with Crippen molar-refractivity contribution < 1.29 is 4.74 Å². The molecule has 0 aliphatic carbocycles. The highest BCUT2D eigenvalue weighted by Gasteiger charge is 2.08.